The van der Waals surface area contributed by atoms with Gasteiger partial charge in [0.15, 0.2) is 9.84 Å². The first-order chi connectivity index (χ1) is 14.7. The minimum Gasteiger partial charge on any atom is -0.495 e. The molecule has 3 rings (SSSR count). The van der Waals surface area contributed by atoms with E-state index in [1.165, 1.54) is 12.0 Å². The number of methoxy groups -OCH3 is 1. The first-order valence-corrected chi connectivity index (χ1v) is 11.7. The largest absolute Gasteiger partial charge is 0.495 e. The van der Waals surface area contributed by atoms with Crippen LogP contribution < -0.4 is 10.1 Å². The summed E-state index contributed by atoms with van der Waals surface area (Å²) in [7, 11) is 1.71. The van der Waals surface area contributed by atoms with E-state index in [-0.39, 0.29) is 36.4 Å². The summed E-state index contributed by atoms with van der Waals surface area (Å²) in [4.78, 5) is 29.1. The molecule has 0 spiro atoms. The minimum absolute atomic E-state index is 0.0136. The second-order valence-electron chi connectivity index (χ2n) is 7.60. The van der Waals surface area contributed by atoms with Crippen molar-refractivity contribution >= 4 is 27.3 Å². The van der Waals surface area contributed by atoms with Crippen LogP contribution in [0.5, 0.6) is 5.75 Å². The molecule has 0 aliphatic carbocycles. The predicted molar refractivity (Wildman–Crippen MR) is 119 cm³/mol. The number of hydrogen-bond donors (Lipinski definition) is 1. The molecular weight excluding hydrogens is 418 g/mol. The van der Waals surface area contributed by atoms with Crippen molar-refractivity contribution in [2.24, 2.45) is 0 Å². The van der Waals surface area contributed by atoms with Crippen LogP contribution in [-0.2, 0) is 14.6 Å². The van der Waals surface area contributed by atoms with E-state index >= 15 is 0 Å². The Morgan fingerprint density at radius 3 is 2.29 bits per heavy atom. The second-order valence-corrected chi connectivity index (χ2v) is 9.91. The molecule has 0 bridgehead atoms. The van der Waals surface area contributed by atoms with Crippen LogP contribution in [0.2, 0.25) is 0 Å². The number of carbonyl (C=O) groups excluding carboxylic acids is 2. The summed E-state index contributed by atoms with van der Waals surface area (Å²) in [5.41, 5.74) is 1.56. The molecule has 1 aliphatic heterocycles. The molecule has 8 nitrogen and oxygen atoms in total. The maximum absolute atomic E-state index is 13.4. The number of benzene rings is 2. The Morgan fingerprint density at radius 1 is 1.06 bits per heavy atom. The molecule has 31 heavy (non-hydrogen) atoms. The average molecular weight is 446 g/mol. The van der Waals surface area contributed by atoms with Gasteiger partial charge in [0.25, 0.3) is 5.91 Å². The zero-order chi connectivity index (χ0) is 22.6. The van der Waals surface area contributed by atoms with Crippen molar-refractivity contribution in [3.8, 4) is 5.75 Å². The van der Waals surface area contributed by atoms with Crippen molar-refractivity contribution in [2.75, 3.05) is 51.1 Å². The summed E-state index contributed by atoms with van der Waals surface area (Å²) in [6.07, 6.45) is 0. The highest BCUT2D eigenvalue weighted by Gasteiger charge is 2.33. The summed E-state index contributed by atoms with van der Waals surface area (Å²) >= 11 is 0. The normalized spacial score (nSPS) is 16.9. The number of nitrogens with one attached hydrogen (secondary N) is 1. The van der Waals surface area contributed by atoms with Gasteiger partial charge in [-0.3, -0.25) is 14.5 Å². The highest BCUT2D eigenvalue weighted by atomic mass is 32.2. The molecule has 1 heterocycles. The van der Waals surface area contributed by atoms with Crippen LogP contribution in [0.1, 0.15) is 22.0 Å². The van der Waals surface area contributed by atoms with Crippen molar-refractivity contribution in [2.45, 2.75) is 6.04 Å². The lowest BCUT2D eigenvalue weighted by atomic mass is 10.0. The summed E-state index contributed by atoms with van der Waals surface area (Å²) in [6.45, 7) is 0.539. The molecule has 1 saturated heterocycles. The minimum atomic E-state index is -3.09. The molecule has 2 aromatic rings. The zero-order valence-electron chi connectivity index (χ0n) is 17.9. The van der Waals surface area contributed by atoms with E-state index in [2.05, 4.69) is 5.32 Å². The molecule has 9 heteroatoms. The van der Waals surface area contributed by atoms with E-state index in [0.29, 0.717) is 17.0 Å². The Morgan fingerprint density at radius 2 is 1.71 bits per heavy atom. The number of hydrogen-bond acceptors (Lipinski definition) is 6. The van der Waals surface area contributed by atoms with E-state index in [0.717, 1.165) is 5.56 Å². The van der Waals surface area contributed by atoms with Gasteiger partial charge in [-0.1, -0.05) is 30.3 Å². The molecular formula is C22H27N3O5S. The Kier molecular flexibility index (Phi) is 6.97. The van der Waals surface area contributed by atoms with Gasteiger partial charge in [-0.2, -0.15) is 0 Å². The molecule has 1 fully saturated rings. The number of rotatable bonds is 6. The molecule has 1 unspecified atom stereocenters. The highest BCUT2D eigenvalue weighted by molar-refractivity contribution is 7.91. The first kappa shape index (κ1) is 22.8. The average Bonchev–Trinajstić information content (AvgIpc) is 2.75. The van der Waals surface area contributed by atoms with Gasteiger partial charge < -0.3 is 15.0 Å². The zero-order valence-corrected chi connectivity index (χ0v) is 18.7. The van der Waals surface area contributed by atoms with Gasteiger partial charge in [-0.25, -0.2) is 8.42 Å². The number of anilines is 1. The van der Waals surface area contributed by atoms with E-state index in [1.54, 1.807) is 32.3 Å². The van der Waals surface area contributed by atoms with Crippen LogP contribution in [0.3, 0.4) is 0 Å². The molecule has 2 aromatic carbocycles. The molecule has 166 valence electrons. The van der Waals surface area contributed by atoms with Gasteiger partial charge in [-0.15, -0.1) is 0 Å². The van der Waals surface area contributed by atoms with Crippen LogP contribution in [0.25, 0.3) is 0 Å². The van der Waals surface area contributed by atoms with E-state index in [1.807, 2.05) is 35.2 Å². The lowest BCUT2D eigenvalue weighted by Gasteiger charge is -2.33. The predicted octanol–water partition coefficient (Wildman–Crippen LogP) is 1.81. The maximum Gasteiger partial charge on any atom is 0.253 e. The fourth-order valence-corrected chi connectivity index (χ4v) is 4.78. The lowest BCUT2D eigenvalue weighted by Crippen LogP contribution is -2.46. The molecule has 0 radical (unpaired) electrons. The number of sulfone groups is 1. The standard InChI is InChI=1S/C22H27N3O5S/c1-24(2)22(27)17-9-10-19(30-3)18(15-17)23-21(26)20(16-7-5-4-6-8-16)25-11-13-31(28,29)14-12-25/h4-10,15,20H,11-14H2,1-3H3,(H,23,26). The molecule has 2 amide bonds. The molecule has 1 atom stereocenters. The quantitative estimate of drug-likeness (QED) is 0.729. The van der Waals surface area contributed by atoms with Gasteiger partial charge in [0, 0.05) is 32.7 Å². The molecule has 0 saturated carbocycles. The molecule has 1 N–H and O–H groups in total. The third kappa shape index (κ3) is 5.42. The summed E-state index contributed by atoms with van der Waals surface area (Å²) < 4.78 is 29.1. The van der Waals surface area contributed by atoms with Gasteiger partial charge in [0.2, 0.25) is 5.91 Å². The van der Waals surface area contributed by atoms with Crippen molar-refractivity contribution in [1.82, 2.24) is 9.80 Å². The van der Waals surface area contributed by atoms with E-state index in [4.69, 9.17) is 4.74 Å². The van der Waals surface area contributed by atoms with E-state index < -0.39 is 15.9 Å². The highest BCUT2D eigenvalue weighted by Crippen LogP contribution is 2.29. The number of amides is 2. The maximum atomic E-state index is 13.4. The number of nitrogens with zero attached hydrogens (tertiary/aromatic N) is 2. The molecule has 0 aromatic heterocycles. The summed E-state index contributed by atoms with van der Waals surface area (Å²) in [6, 6.07) is 13.4. The Hall–Kier alpha value is -2.91. The van der Waals surface area contributed by atoms with Crippen LogP contribution in [0.4, 0.5) is 5.69 Å². The van der Waals surface area contributed by atoms with Crippen molar-refractivity contribution in [3.63, 3.8) is 0 Å². The van der Waals surface area contributed by atoms with Crippen LogP contribution in [0, 0.1) is 0 Å². The monoisotopic (exact) mass is 445 g/mol. The fourth-order valence-electron chi connectivity index (χ4n) is 3.55. The van der Waals surface area contributed by atoms with Gasteiger partial charge in [0.1, 0.15) is 11.8 Å². The van der Waals surface area contributed by atoms with Gasteiger partial charge in [-0.05, 0) is 23.8 Å². The van der Waals surface area contributed by atoms with Crippen molar-refractivity contribution in [1.29, 1.82) is 0 Å². The SMILES string of the molecule is COc1ccc(C(=O)N(C)C)cc1NC(=O)C(c1ccccc1)N1CCS(=O)(=O)CC1. The number of ether oxygens (including phenoxy) is 1. The van der Waals surface area contributed by atoms with Crippen LogP contribution in [0.15, 0.2) is 48.5 Å². The lowest BCUT2D eigenvalue weighted by molar-refractivity contribution is -0.121. The topological polar surface area (TPSA) is 96.0 Å². The van der Waals surface area contributed by atoms with Crippen LogP contribution in [-0.4, -0.2) is 75.8 Å². The summed E-state index contributed by atoms with van der Waals surface area (Å²) in [5, 5.41) is 2.89. The van der Waals surface area contributed by atoms with Gasteiger partial charge >= 0.3 is 0 Å². The first-order valence-electron chi connectivity index (χ1n) is 9.92. The Balaban J connectivity index is 1.92. The fraction of sp³-hybridized carbons (Fsp3) is 0.364. The van der Waals surface area contributed by atoms with Crippen molar-refractivity contribution < 1.29 is 22.7 Å². The van der Waals surface area contributed by atoms with E-state index in [9.17, 15) is 18.0 Å². The third-order valence-electron chi connectivity index (χ3n) is 5.22. The smallest absolute Gasteiger partial charge is 0.253 e. The molecule has 1 aliphatic rings. The van der Waals surface area contributed by atoms with Crippen molar-refractivity contribution in [3.05, 3.63) is 59.7 Å². The Labute approximate surface area is 182 Å². The number of carbonyl (C=O) groups is 2. The van der Waals surface area contributed by atoms with Crippen LogP contribution >= 0.6 is 0 Å². The third-order valence-corrected chi connectivity index (χ3v) is 6.83. The Bertz CT molecular complexity index is 1040. The second kappa shape index (κ2) is 9.49. The summed E-state index contributed by atoms with van der Waals surface area (Å²) in [5.74, 6) is -0.0617. The van der Waals surface area contributed by atoms with Gasteiger partial charge in [0.05, 0.1) is 24.3 Å².